The molecule has 2 rings (SSSR count). The summed E-state index contributed by atoms with van der Waals surface area (Å²) in [4.78, 5) is 14.2. The molecule has 1 aromatic carbocycles. The zero-order valence-corrected chi connectivity index (χ0v) is 12.2. The molecule has 1 saturated heterocycles. The smallest absolute Gasteiger partial charge is 0.254 e. The van der Waals surface area contributed by atoms with E-state index in [-0.39, 0.29) is 17.7 Å². The number of rotatable bonds is 3. The van der Waals surface area contributed by atoms with Gasteiger partial charge in [-0.15, -0.1) is 0 Å². The van der Waals surface area contributed by atoms with Crippen LogP contribution in [0.3, 0.4) is 0 Å². The van der Waals surface area contributed by atoms with Gasteiger partial charge in [0.2, 0.25) is 10.0 Å². The molecule has 1 heterocycles. The Hall–Kier alpha value is -1.44. The lowest BCUT2D eigenvalue weighted by Crippen LogP contribution is -2.52. The van der Waals surface area contributed by atoms with Crippen molar-refractivity contribution < 1.29 is 13.2 Å². The highest BCUT2D eigenvalue weighted by Gasteiger charge is 2.24. The first-order valence-electron chi connectivity index (χ1n) is 6.48. The number of nitrogens with two attached hydrogens (primary N) is 1. The minimum atomic E-state index is -3.59. The van der Waals surface area contributed by atoms with Crippen molar-refractivity contribution in [2.75, 3.05) is 19.6 Å². The van der Waals surface area contributed by atoms with Gasteiger partial charge in [-0.25, -0.2) is 13.6 Å². The Bertz CT molecular complexity index is 601. The first-order valence-corrected chi connectivity index (χ1v) is 8.19. The number of piperazine rings is 1. The van der Waals surface area contributed by atoms with Crippen LogP contribution in [0.2, 0.25) is 0 Å². The number of benzene rings is 1. The van der Waals surface area contributed by atoms with E-state index in [0.717, 1.165) is 13.1 Å². The molecular weight excluding hydrogens is 278 g/mol. The number of primary sulfonamides is 1. The van der Waals surface area contributed by atoms with Gasteiger partial charge >= 0.3 is 0 Å². The first kappa shape index (κ1) is 15.0. The summed E-state index contributed by atoms with van der Waals surface area (Å²) in [5.41, 5.74) is 1.03. The monoisotopic (exact) mass is 297 g/mol. The minimum absolute atomic E-state index is 0.0738. The summed E-state index contributed by atoms with van der Waals surface area (Å²) in [5, 5.41) is 8.25. The normalized spacial score (nSPS) is 19.9. The number of carbonyl (C=O) groups excluding carboxylic acids is 1. The fraction of sp³-hybridized carbons (Fsp3) is 0.462. The highest BCUT2D eigenvalue weighted by Crippen LogP contribution is 2.13. The highest BCUT2D eigenvalue weighted by atomic mass is 32.2. The van der Waals surface area contributed by atoms with Crippen molar-refractivity contribution in [3.05, 3.63) is 35.4 Å². The van der Waals surface area contributed by atoms with Crippen molar-refractivity contribution in [1.82, 2.24) is 10.2 Å². The lowest BCUT2D eigenvalue weighted by atomic mass is 10.1. The molecule has 0 aliphatic carbocycles. The molecule has 1 amide bonds. The molecular formula is C13H19N3O3S. The second kappa shape index (κ2) is 5.90. The van der Waals surface area contributed by atoms with Crippen LogP contribution < -0.4 is 10.5 Å². The number of hydrogen-bond donors (Lipinski definition) is 2. The maximum absolute atomic E-state index is 12.4. The lowest BCUT2D eigenvalue weighted by molar-refractivity contribution is 0.0655. The second-order valence-corrected chi connectivity index (χ2v) is 6.67. The predicted molar refractivity (Wildman–Crippen MR) is 76.6 cm³/mol. The summed E-state index contributed by atoms with van der Waals surface area (Å²) in [5.74, 6) is -0.333. The molecule has 3 N–H and O–H groups in total. The molecule has 1 aliphatic heterocycles. The Balaban J connectivity index is 2.20. The second-order valence-electron chi connectivity index (χ2n) is 5.06. The van der Waals surface area contributed by atoms with Crippen molar-refractivity contribution in [3.63, 3.8) is 0 Å². The van der Waals surface area contributed by atoms with Crippen LogP contribution in [0.1, 0.15) is 22.8 Å². The summed E-state index contributed by atoms with van der Waals surface area (Å²) in [6.07, 6.45) is 0. The van der Waals surface area contributed by atoms with Crippen molar-refractivity contribution in [2.45, 2.75) is 18.7 Å². The van der Waals surface area contributed by atoms with E-state index in [1.54, 1.807) is 29.2 Å². The summed E-state index contributed by atoms with van der Waals surface area (Å²) >= 11 is 0. The molecule has 0 radical (unpaired) electrons. The predicted octanol–water partition coefficient (Wildman–Crippen LogP) is -0.0910. The maximum atomic E-state index is 12.4. The fourth-order valence-electron chi connectivity index (χ4n) is 2.34. The largest absolute Gasteiger partial charge is 0.333 e. The Morgan fingerprint density at radius 1 is 1.50 bits per heavy atom. The van der Waals surface area contributed by atoms with Crippen LogP contribution in [0.4, 0.5) is 0 Å². The number of sulfonamides is 1. The van der Waals surface area contributed by atoms with Gasteiger partial charge in [-0.3, -0.25) is 4.79 Å². The van der Waals surface area contributed by atoms with E-state index in [9.17, 15) is 13.2 Å². The van der Waals surface area contributed by atoms with Crippen molar-refractivity contribution >= 4 is 15.9 Å². The van der Waals surface area contributed by atoms with Crippen molar-refractivity contribution in [1.29, 1.82) is 0 Å². The molecule has 20 heavy (non-hydrogen) atoms. The van der Waals surface area contributed by atoms with Gasteiger partial charge in [-0.2, -0.15) is 0 Å². The van der Waals surface area contributed by atoms with Gasteiger partial charge in [0.15, 0.2) is 0 Å². The van der Waals surface area contributed by atoms with Gasteiger partial charge in [-0.1, -0.05) is 12.1 Å². The van der Waals surface area contributed by atoms with Crippen molar-refractivity contribution in [3.8, 4) is 0 Å². The van der Waals surface area contributed by atoms with Gasteiger partial charge in [0.1, 0.15) is 0 Å². The van der Waals surface area contributed by atoms with Crippen LogP contribution in [0, 0.1) is 0 Å². The molecule has 6 nitrogen and oxygen atoms in total. The maximum Gasteiger partial charge on any atom is 0.254 e. The van der Waals surface area contributed by atoms with E-state index < -0.39 is 10.0 Å². The lowest BCUT2D eigenvalue weighted by Gasteiger charge is -2.34. The summed E-state index contributed by atoms with van der Waals surface area (Å²) in [6.45, 7) is 4.17. The topological polar surface area (TPSA) is 92.5 Å². The Labute approximate surface area is 119 Å². The van der Waals surface area contributed by atoms with Gasteiger partial charge in [0.25, 0.3) is 5.91 Å². The number of amides is 1. The van der Waals surface area contributed by atoms with E-state index >= 15 is 0 Å². The standard InChI is InChI=1S/C13H19N3O3S/c1-10-8-15-5-6-16(10)13(17)12-4-2-3-11(7-12)9-20(14,18)19/h2-4,7,10,15H,5-6,8-9H2,1H3,(H2,14,18,19)/t10-/m0/s1. The Morgan fingerprint density at radius 3 is 2.90 bits per heavy atom. The molecule has 0 spiro atoms. The van der Waals surface area contributed by atoms with Crippen LogP contribution in [0.15, 0.2) is 24.3 Å². The number of nitrogens with zero attached hydrogens (tertiary/aromatic N) is 1. The number of carbonyl (C=O) groups is 1. The third kappa shape index (κ3) is 3.78. The molecule has 0 aromatic heterocycles. The van der Waals surface area contributed by atoms with Crippen LogP contribution in [0.5, 0.6) is 0 Å². The molecule has 1 fully saturated rings. The molecule has 0 unspecified atom stereocenters. The zero-order valence-electron chi connectivity index (χ0n) is 11.4. The van der Waals surface area contributed by atoms with E-state index in [0.29, 0.717) is 17.7 Å². The van der Waals surface area contributed by atoms with E-state index in [1.165, 1.54) is 0 Å². The molecule has 7 heteroatoms. The zero-order chi connectivity index (χ0) is 14.8. The SMILES string of the molecule is C[C@H]1CNCCN1C(=O)c1cccc(CS(N)(=O)=O)c1. The third-order valence-electron chi connectivity index (χ3n) is 3.30. The van der Waals surface area contributed by atoms with E-state index in [1.807, 2.05) is 6.92 Å². The van der Waals surface area contributed by atoms with Crippen LogP contribution in [0.25, 0.3) is 0 Å². The minimum Gasteiger partial charge on any atom is -0.333 e. The van der Waals surface area contributed by atoms with Gasteiger partial charge in [0.05, 0.1) is 5.75 Å². The van der Waals surface area contributed by atoms with Gasteiger partial charge < -0.3 is 10.2 Å². The van der Waals surface area contributed by atoms with Gasteiger partial charge in [0, 0.05) is 31.2 Å². The third-order valence-corrected chi connectivity index (χ3v) is 4.04. The van der Waals surface area contributed by atoms with Gasteiger partial charge in [-0.05, 0) is 24.6 Å². The summed E-state index contributed by atoms with van der Waals surface area (Å²) in [7, 11) is -3.59. The van der Waals surface area contributed by atoms with Crippen molar-refractivity contribution in [2.24, 2.45) is 5.14 Å². The summed E-state index contributed by atoms with van der Waals surface area (Å²) in [6, 6.07) is 6.76. The van der Waals surface area contributed by atoms with Crippen LogP contribution in [-0.2, 0) is 15.8 Å². The van der Waals surface area contributed by atoms with E-state index in [4.69, 9.17) is 5.14 Å². The van der Waals surface area contributed by atoms with Crippen LogP contribution >= 0.6 is 0 Å². The van der Waals surface area contributed by atoms with Crippen LogP contribution in [-0.4, -0.2) is 44.9 Å². The average Bonchev–Trinajstić information content (AvgIpc) is 2.37. The quantitative estimate of drug-likeness (QED) is 0.815. The number of nitrogens with one attached hydrogen (secondary N) is 1. The Kier molecular flexibility index (Phi) is 4.42. The first-order chi connectivity index (χ1) is 9.37. The molecule has 0 saturated carbocycles. The number of hydrogen-bond acceptors (Lipinski definition) is 4. The molecule has 1 aromatic rings. The highest BCUT2D eigenvalue weighted by molar-refractivity contribution is 7.88. The summed E-state index contributed by atoms with van der Waals surface area (Å²) < 4.78 is 22.2. The Morgan fingerprint density at radius 2 is 2.25 bits per heavy atom. The van der Waals surface area contributed by atoms with E-state index in [2.05, 4.69) is 5.32 Å². The molecule has 0 bridgehead atoms. The molecule has 110 valence electrons. The fourth-order valence-corrected chi connectivity index (χ4v) is 2.98. The average molecular weight is 297 g/mol. The molecule has 1 atom stereocenters. The molecule has 1 aliphatic rings.